The molecule has 1 saturated heterocycles. The number of likely N-dealkylation sites (N-methyl/N-ethyl adjacent to an activating group) is 1. The van der Waals surface area contributed by atoms with Crippen molar-refractivity contribution in [2.24, 2.45) is 5.92 Å². The van der Waals surface area contributed by atoms with Crippen LogP contribution >= 0.6 is 0 Å². The quantitative estimate of drug-likeness (QED) is 0.675. The molecule has 0 saturated carbocycles. The number of hydrogen-bond acceptors (Lipinski definition) is 3. The fourth-order valence-electron chi connectivity index (χ4n) is 1.30. The molecule has 13 heavy (non-hydrogen) atoms. The van der Waals surface area contributed by atoms with Crippen LogP contribution in [0.3, 0.4) is 0 Å². The van der Waals surface area contributed by atoms with Crippen LogP contribution in [0.15, 0.2) is 0 Å². The maximum Gasteiger partial charge on any atom is 0.304 e. The minimum Gasteiger partial charge on any atom is -0.272 e. The lowest BCUT2D eigenvalue weighted by molar-refractivity contribution is -0.127. The standard InChI is InChI=1S/C7H14N2O3S/c1-4-9-7(10)6(5(2)3)8-13(9,11)12/h5-6,8H,4H2,1-3H3/t6-/m1/s1. The molecule has 0 spiro atoms. The van der Waals surface area contributed by atoms with E-state index in [1.54, 1.807) is 6.92 Å². The van der Waals surface area contributed by atoms with Crippen LogP contribution in [0.25, 0.3) is 0 Å². The van der Waals surface area contributed by atoms with E-state index in [4.69, 9.17) is 0 Å². The van der Waals surface area contributed by atoms with Gasteiger partial charge in [0.15, 0.2) is 0 Å². The van der Waals surface area contributed by atoms with Crippen LogP contribution in [0, 0.1) is 5.92 Å². The predicted molar refractivity (Wildman–Crippen MR) is 48.1 cm³/mol. The topological polar surface area (TPSA) is 66.5 Å². The fraction of sp³-hybridized carbons (Fsp3) is 0.857. The van der Waals surface area contributed by atoms with E-state index in [-0.39, 0.29) is 18.4 Å². The molecular weight excluding hydrogens is 192 g/mol. The Hall–Kier alpha value is -0.620. The van der Waals surface area contributed by atoms with Crippen molar-refractivity contribution in [3.8, 4) is 0 Å². The highest BCUT2D eigenvalue weighted by atomic mass is 32.2. The first-order chi connectivity index (χ1) is 5.90. The van der Waals surface area contributed by atoms with Crippen LogP contribution in [0.2, 0.25) is 0 Å². The van der Waals surface area contributed by atoms with Gasteiger partial charge in [-0.25, -0.2) is 4.31 Å². The van der Waals surface area contributed by atoms with E-state index in [1.165, 1.54) is 0 Å². The number of nitrogens with zero attached hydrogens (tertiary/aromatic N) is 1. The summed E-state index contributed by atoms with van der Waals surface area (Å²) in [5, 5.41) is 0. The number of carbonyl (C=O) groups excluding carboxylic acids is 1. The van der Waals surface area contributed by atoms with E-state index in [0.717, 1.165) is 4.31 Å². The Morgan fingerprint density at radius 3 is 2.31 bits per heavy atom. The molecule has 6 heteroatoms. The minimum atomic E-state index is -3.55. The lowest BCUT2D eigenvalue weighted by atomic mass is 10.1. The highest BCUT2D eigenvalue weighted by Gasteiger charge is 2.43. The highest BCUT2D eigenvalue weighted by molar-refractivity contribution is 7.88. The van der Waals surface area contributed by atoms with Crippen LogP contribution in [0.4, 0.5) is 0 Å². The second-order valence-corrected chi connectivity index (χ2v) is 4.97. The van der Waals surface area contributed by atoms with E-state index >= 15 is 0 Å². The van der Waals surface area contributed by atoms with Crippen LogP contribution in [0.1, 0.15) is 20.8 Å². The van der Waals surface area contributed by atoms with Gasteiger partial charge in [-0.2, -0.15) is 13.1 Å². The molecule has 0 aromatic rings. The van der Waals surface area contributed by atoms with Crippen molar-refractivity contribution >= 4 is 16.1 Å². The fourth-order valence-corrected chi connectivity index (χ4v) is 2.81. The molecular formula is C7H14N2O3S. The lowest BCUT2D eigenvalue weighted by Crippen LogP contribution is -2.34. The van der Waals surface area contributed by atoms with Gasteiger partial charge in [0, 0.05) is 6.54 Å². The van der Waals surface area contributed by atoms with Crippen LogP contribution in [-0.2, 0) is 15.0 Å². The zero-order valence-electron chi connectivity index (χ0n) is 7.94. The Balaban J connectivity index is 2.98. The summed E-state index contributed by atoms with van der Waals surface area (Å²) in [7, 11) is -3.55. The molecule has 1 rings (SSSR count). The van der Waals surface area contributed by atoms with E-state index in [1.807, 2.05) is 13.8 Å². The molecule has 0 unspecified atom stereocenters. The summed E-state index contributed by atoms with van der Waals surface area (Å²) in [6.07, 6.45) is 0. The lowest BCUT2D eigenvalue weighted by Gasteiger charge is -2.11. The van der Waals surface area contributed by atoms with E-state index in [0.29, 0.717) is 0 Å². The Bertz CT molecular complexity index is 310. The molecule has 0 aromatic carbocycles. The molecule has 1 N–H and O–H groups in total. The van der Waals surface area contributed by atoms with Gasteiger partial charge in [0.2, 0.25) is 0 Å². The summed E-state index contributed by atoms with van der Waals surface area (Å²) in [5.41, 5.74) is 0. The van der Waals surface area contributed by atoms with Gasteiger partial charge in [0.1, 0.15) is 6.04 Å². The summed E-state index contributed by atoms with van der Waals surface area (Å²) >= 11 is 0. The summed E-state index contributed by atoms with van der Waals surface area (Å²) in [6.45, 7) is 5.45. The zero-order valence-corrected chi connectivity index (χ0v) is 8.76. The maximum atomic E-state index is 11.5. The third-order valence-corrected chi connectivity index (χ3v) is 3.60. The van der Waals surface area contributed by atoms with Crippen molar-refractivity contribution in [2.45, 2.75) is 26.8 Å². The smallest absolute Gasteiger partial charge is 0.272 e. The molecule has 0 bridgehead atoms. The van der Waals surface area contributed by atoms with Crippen LogP contribution in [0.5, 0.6) is 0 Å². The number of carbonyl (C=O) groups is 1. The SMILES string of the molecule is CCN1C(=O)[C@@H](C(C)C)NS1(=O)=O. The van der Waals surface area contributed by atoms with E-state index < -0.39 is 16.3 Å². The van der Waals surface area contributed by atoms with Gasteiger partial charge in [-0.15, -0.1) is 0 Å². The van der Waals surface area contributed by atoms with Crippen LogP contribution < -0.4 is 4.72 Å². The van der Waals surface area contributed by atoms with Gasteiger partial charge in [-0.1, -0.05) is 13.8 Å². The van der Waals surface area contributed by atoms with Gasteiger partial charge in [0.25, 0.3) is 5.91 Å². The largest absolute Gasteiger partial charge is 0.304 e. The van der Waals surface area contributed by atoms with Gasteiger partial charge in [0.05, 0.1) is 0 Å². The molecule has 1 heterocycles. The van der Waals surface area contributed by atoms with Gasteiger partial charge in [-0.3, -0.25) is 4.79 Å². The monoisotopic (exact) mass is 206 g/mol. The number of amides is 1. The van der Waals surface area contributed by atoms with Crippen molar-refractivity contribution < 1.29 is 13.2 Å². The summed E-state index contributed by atoms with van der Waals surface area (Å²) in [4.78, 5) is 11.5. The zero-order chi connectivity index (χ0) is 10.2. The first-order valence-corrected chi connectivity index (χ1v) is 5.68. The normalized spacial score (nSPS) is 27.2. The van der Waals surface area contributed by atoms with Crippen molar-refractivity contribution in [3.63, 3.8) is 0 Å². The average Bonchev–Trinajstić information content (AvgIpc) is 2.22. The third-order valence-electron chi connectivity index (χ3n) is 2.03. The van der Waals surface area contributed by atoms with Crippen molar-refractivity contribution in [2.75, 3.05) is 6.54 Å². The maximum absolute atomic E-state index is 11.5. The summed E-state index contributed by atoms with van der Waals surface area (Å²) in [6, 6.07) is -0.593. The van der Waals surface area contributed by atoms with E-state index in [9.17, 15) is 13.2 Å². The summed E-state index contributed by atoms with van der Waals surface area (Å²) in [5.74, 6) is -0.365. The van der Waals surface area contributed by atoms with Gasteiger partial charge >= 0.3 is 10.2 Å². The summed E-state index contributed by atoms with van der Waals surface area (Å²) < 4.78 is 25.8. The predicted octanol–water partition coefficient (Wildman–Crippen LogP) is -0.292. The van der Waals surface area contributed by atoms with Gasteiger partial charge < -0.3 is 0 Å². The third kappa shape index (κ3) is 1.68. The number of rotatable bonds is 2. The van der Waals surface area contributed by atoms with Crippen LogP contribution in [-0.4, -0.2) is 31.2 Å². The second-order valence-electron chi connectivity index (χ2n) is 3.35. The van der Waals surface area contributed by atoms with Crippen molar-refractivity contribution in [1.82, 2.24) is 9.03 Å². The van der Waals surface area contributed by atoms with E-state index in [2.05, 4.69) is 4.72 Å². The molecule has 1 fully saturated rings. The minimum absolute atomic E-state index is 0.0150. The number of nitrogens with one attached hydrogen (secondary N) is 1. The van der Waals surface area contributed by atoms with Gasteiger partial charge in [-0.05, 0) is 12.8 Å². The molecule has 0 aromatic heterocycles. The molecule has 1 amide bonds. The molecule has 1 aliphatic rings. The number of hydrogen-bond donors (Lipinski definition) is 1. The molecule has 5 nitrogen and oxygen atoms in total. The highest BCUT2D eigenvalue weighted by Crippen LogP contribution is 2.17. The molecule has 1 atom stereocenters. The second kappa shape index (κ2) is 3.26. The Kier molecular flexibility index (Phi) is 2.63. The molecule has 76 valence electrons. The molecule has 1 aliphatic heterocycles. The molecule has 0 aliphatic carbocycles. The Morgan fingerprint density at radius 2 is 2.08 bits per heavy atom. The van der Waals surface area contributed by atoms with Crippen molar-refractivity contribution in [1.29, 1.82) is 0 Å². The van der Waals surface area contributed by atoms with Crippen molar-refractivity contribution in [3.05, 3.63) is 0 Å². The Morgan fingerprint density at radius 1 is 1.54 bits per heavy atom. The first kappa shape index (κ1) is 10.5. The Labute approximate surface area is 78.3 Å². The molecule has 0 radical (unpaired) electrons. The first-order valence-electron chi connectivity index (χ1n) is 4.24. The average molecular weight is 206 g/mol.